The van der Waals surface area contributed by atoms with Crippen LogP contribution in [0.4, 0.5) is 5.69 Å². The van der Waals surface area contributed by atoms with Gasteiger partial charge in [-0.25, -0.2) is 9.37 Å². The number of hydroxylamine groups is 2. The third kappa shape index (κ3) is 6.44. The van der Waals surface area contributed by atoms with Crippen LogP contribution in [0, 0.1) is 0 Å². The highest BCUT2D eigenvalue weighted by molar-refractivity contribution is 6.03. The molecule has 3 aromatic rings. The second-order valence-corrected chi connectivity index (χ2v) is 17.5. The number of amides is 3. The first kappa shape index (κ1) is 39.7. The van der Waals surface area contributed by atoms with Gasteiger partial charge in [-0.2, -0.15) is 0 Å². The van der Waals surface area contributed by atoms with Gasteiger partial charge in [-0.1, -0.05) is 39.0 Å². The van der Waals surface area contributed by atoms with E-state index in [0.29, 0.717) is 29.5 Å². The zero-order valence-corrected chi connectivity index (χ0v) is 34.8. The molecule has 1 aliphatic carbocycles. The van der Waals surface area contributed by atoms with Gasteiger partial charge in [0.05, 0.1) is 0 Å². The quantitative estimate of drug-likeness (QED) is 0.258. The monoisotopic (exact) mass is 778 g/mol. The van der Waals surface area contributed by atoms with Crippen LogP contribution in [0.2, 0.25) is 0 Å². The van der Waals surface area contributed by atoms with Crippen LogP contribution in [0.3, 0.4) is 0 Å². The fraction of sp³-hybridized carbons (Fsp3) is 0.500. The standard InChI is InChI=1S/C46H55N4O5.ClH/c1-8-49-37-26-36-34(25-33(37)28(2)27-45(49,3)4)41(35-24-29-14-11-22-48-23-12-17-32(43(29)48)42(35)46(36,5)6)30-15-9-10-16-31(30)44(54)47(7)21-13-18-40(53)55-50-38(51)19-20-39(50)52;/h9-10,15-16,24-26,28H,8,11-14,17-23,27H2,1-7H3;1H/q+1;/p-1. The van der Waals surface area contributed by atoms with Crippen molar-refractivity contribution in [1.29, 1.82) is 0 Å². The average molecular weight is 779 g/mol. The Morgan fingerprint density at radius 1 is 0.946 bits per heavy atom. The highest BCUT2D eigenvalue weighted by Gasteiger charge is 2.43. The number of hydrogen-bond donors (Lipinski definition) is 0. The predicted molar refractivity (Wildman–Crippen MR) is 213 cm³/mol. The van der Waals surface area contributed by atoms with Gasteiger partial charge in [0.15, 0.2) is 0 Å². The average Bonchev–Trinajstić information content (AvgIpc) is 3.46. The lowest BCUT2D eigenvalue weighted by atomic mass is 9.64. The molecule has 0 aromatic heterocycles. The zero-order chi connectivity index (χ0) is 39.0. The largest absolute Gasteiger partial charge is 1.00 e. The Kier molecular flexibility index (Phi) is 10.5. The molecule has 0 radical (unpaired) electrons. The molecule has 0 bridgehead atoms. The van der Waals surface area contributed by atoms with E-state index >= 15 is 0 Å². The highest BCUT2D eigenvalue weighted by Crippen LogP contribution is 2.50. The lowest BCUT2D eigenvalue weighted by Crippen LogP contribution is -3.00. The third-order valence-electron chi connectivity index (χ3n) is 13.0. The molecule has 9 nitrogen and oxygen atoms in total. The number of nitrogens with zero attached hydrogens (tertiary/aromatic N) is 4. The van der Waals surface area contributed by atoms with Gasteiger partial charge < -0.3 is 27.0 Å². The summed E-state index contributed by atoms with van der Waals surface area (Å²) in [5.74, 6) is -1.41. The Balaban J connectivity index is 0.00000480. The number of anilines is 1. The van der Waals surface area contributed by atoms with Crippen LogP contribution in [0.15, 0.2) is 42.5 Å². The maximum absolute atomic E-state index is 14.5. The molecule has 3 amide bonds. The predicted octanol–water partition coefficient (Wildman–Crippen LogP) is 2.53. The molecule has 0 saturated carbocycles. The van der Waals surface area contributed by atoms with Gasteiger partial charge >= 0.3 is 5.97 Å². The zero-order valence-electron chi connectivity index (χ0n) is 34.0. The number of fused-ring (bicyclic) bond motifs is 4. The summed E-state index contributed by atoms with van der Waals surface area (Å²) in [4.78, 5) is 60.3. The summed E-state index contributed by atoms with van der Waals surface area (Å²) in [6.07, 6.45) is 5.86. The van der Waals surface area contributed by atoms with Crippen molar-refractivity contribution in [2.45, 2.75) is 116 Å². The first-order chi connectivity index (χ1) is 26.2. The molecular weight excluding hydrogens is 724 g/mol. The van der Waals surface area contributed by atoms with Crippen molar-refractivity contribution in [2.24, 2.45) is 0 Å². The Morgan fingerprint density at radius 3 is 2.36 bits per heavy atom. The van der Waals surface area contributed by atoms with Crippen molar-refractivity contribution in [3.8, 4) is 0 Å². The lowest BCUT2D eigenvalue weighted by Gasteiger charge is -2.48. The summed E-state index contributed by atoms with van der Waals surface area (Å²) in [5.41, 5.74) is 12.0. The van der Waals surface area contributed by atoms with Gasteiger partial charge in [0.25, 0.3) is 17.7 Å². The van der Waals surface area contributed by atoms with Gasteiger partial charge in [-0.05, 0) is 115 Å². The van der Waals surface area contributed by atoms with Gasteiger partial charge in [0.1, 0.15) is 13.1 Å². The molecule has 0 spiro atoms. The number of benzene rings is 3. The first-order valence-corrected chi connectivity index (χ1v) is 20.4. The molecule has 10 heteroatoms. The minimum Gasteiger partial charge on any atom is -1.00 e. The lowest BCUT2D eigenvalue weighted by molar-refractivity contribution is -0.197. The summed E-state index contributed by atoms with van der Waals surface area (Å²) in [6.45, 7) is 17.6. The van der Waals surface area contributed by atoms with Crippen molar-refractivity contribution >= 4 is 35.0 Å². The summed E-state index contributed by atoms with van der Waals surface area (Å²) >= 11 is 0. The molecule has 1 fully saturated rings. The molecule has 1 atom stereocenters. The Hall–Kier alpha value is -4.50. The minimum absolute atomic E-state index is 0. The molecular formula is C46H55ClN4O5. The second-order valence-electron chi connectivity index (χ2n) is 17.5. The SMILES string of the molecule is CCN1c2cc3c(cc2C(C)CC1(C)C)C(c1ccccc1C(=O)N(C)CCCC(=O)ON1C(=O)CCC1=O)=c1cc2c4c(c1C3(C)C)CCC[N+]=4CCC2.[Cl-]. The number of aryl methyl sites for hydroxylation is 1. The molecule has 56 heavy (non-hydrogen) atoms. The van der Waals surface area contributed by atoms with Crippen molar-refractivity contribution in [2.75, 3.05) is 38.1 Å². The number of imide groups is 1. The molecule has 8 rings (SSSR count). The maximum atomic E-state index is 14.5. The molecule has 1 saturated heterocycles. The summed E-state index contributed by atoms with van der Waals surface area (Å²) in [7, 11) is 1.77. The second kappa shape index (κ2) is 14.8. The van der Waals surface area contributed by atoms with Crippen molar-refractivity contribution in [1.82, 2.24) is 14.5 Å². The molecule has 296 valence electrons. The maximum Gasteiger partial charge on any atom is 0.333 e. The number of carbonyl (C=O) groups excluding carboxylic acids is 4. The number of hydrogen-bond acceptors (Lipinski definition) is 6. The smallest absolute Gasteiger partial charge is 0.333 e. The van der Waals surface area contributed by atoms with E-state index in [0.717, 1.165) is 62.9 Å². The summed E-state index contributed by atoms with van der Waals surface area (Å²) in [5, 5.41) is 3.28. The van der Waals surface area contributed by atoms with Crippen LogP contribution in [-0.2, 0) is 37.5 Å². The van der Waals surface area contributed by atoms with Crippen molar-refractivity contribution < 1.29 is 36.4 Å². The topological polar surface area (TPSA) is 90.2 Å². The van der Waals surface area contributed by atoms with E-state index in [2.05, 4.69) is 75.3 Å². The first-order valence-electron chi connectivity index (χ1n) is 20.4. The Bertz CT molecular complexity index is 2270. The molecule has 5 aliphatic rings. The van der Waals surface area contributed by atoms with Gasteiger partial charge in [-0.15, -0.1) is 5.06 Å². The van der Waals surface area contributed by atoms with Crippen LogP contribution in [0.25, 0.3) is 5.57 Å². The normalized spacial score (nSPS) is 20.1. The van der Waals surface area contributed by atoms with Gasteiger partial charge in [0, 0.05) is 85.6 Å². The van der Waals surface area contributed by atoms with Gasteiger partial charge in [0.2, 0.25) is 5.36 Å². The number of carbonyl (C=O) groups is 4. The Morgan fingerprint density at radius 2 is 1.64 bits per heavy atom. The molecule has 1 unspecified atom stereocenters. The van der Waals surface area contributed by atoms with E-state index in [1.54, 1.807) is 11.9 Å². The van der Waals surface area contributed by atoms with E-state index in [-0.39, 0.29) is 48.5 Å². The number of halogens is 1. The van der Waals surface area contributed by atoms with Gasteiger partial charge in [-0.3, -0.25) is 14.4 Å². The van der Waals surface area contributed by atoms with Crippen LogP contribution in [0.5, 0.6) is 0 Å². The minimum atomic E-state index is -0.660. The summed E-state index contributed by atoms with van der Waals surface area (Å²) in [6, 6.07) is 15.5. The van der Waals surface area contributed by atoms with Crippen molar-refractivity contribution in [3.63, 3.8) is 0 Å². The molecule has 4 heterocycles. The summed E-state index contributed by atoms with van der Waals surface area (Å²) < 4.78 is 2.63. The van der Waals surface area contributed by atoms with Crippen LogP contribution in [0.1, 0.15) is 142 Å². The van der Waals surface area contributed by atoms with E-state index in [1.807, 2.05) is 18.2 Å². The fourth-order valence-electron chi connectivity index (χ4n) is 10.7. The Labute approximate surface area is 336 Å². The number of rotatable bonds is 8. The van der Waals surface area contributed by atoms with E-state index < -0.39 is 17.8 Å². The van der Waals surface area contributed by atoms with Crippen molar-refractivity contribution in [3.05, 3.63) is 97.5 Å². The van der Waals surface area contributed by atoms with E-state index in [4.69, 9.17) is 4.84 Å². The third-order valence-corrected chi connectivity index (χ3v) is 13.0. The highest BCUT2D eigenvalue weighted by atomic mass is 35.5. The van der Waals surface area contributed by atoms with Crippen LogP contribution >= 0.6 is 0 Å². The van der Waals surface area contributed by atoms with Crippen LogP contribution in [-0.4, -0.2) is 72.4 Å². The molecule has 4 aliphatic heterocycles. The van der Waals surface area contributed by atoms with E-state index in [9.17, 15) is 19.2 Å². The molecule has 0 N–H and O–H groups in total. The van der Waals surface area contributed by atoms with Crippen LogP contribution < -0.4 is 32.5 Å². The fourth-order valence-corrected chi connectivity index (χ4v) is 10.7. The molecule has 3 aromatic carbocycles. The van der Waals surface area contributed by atoms with E-state index in [1.165, 1.54) is 49.6 Å².